The Hall–Kier alpha value is -2.11. The number of nitrogens with one attached hydrogen (secondary N) is 2. The summed E-state index contributed by atoms with van der Waals surface area (Å²) in [7, 11) is 1.80. The fourth-order valence-electron chi connectivity index (χ4n) is 2.80. The average Bonchev–Trinajstić information content (AvgIpc) is 2.59. The molecule has 0 saturated heterocycles. The maximum atomic E-state index is 12.8. The van der Waals surface area contributed by atoms with E-state index in [1.165, 1.54) is 18.6 Å². The van der Waals surface area contributed by atoms with Crippen LogP contribution < -0.4 is 10.6 Å². The third-order valence-corrected chi connectivity index (χ3v) is 4.28. The summed E-state index contributed by atoms with van der Waals surface area (Å²) in [5.41, 5.74) is 0.798. The minimum absolute atomic E-state index is 0.0117. The lowest BCUT2D eigenvalue weighted by molar-refractivity contribution is -0.131. The summed E-state index contributed by atoms with van der Waals surface area (Å²) >= 11 is 0. The van der Waals surface area contributed by atoms with E-state index in [9.17, 15) is 14.0 Å². The number of rotatable bonds is 5. The van der Waals surface area contributed by atoms with Crippen molar-refractivity contribution in [1.29, 1.82) is 0 Å². The molecule has 0 aliphatic heterocycles. The van der Waals surface area contributed by atoms with Crippen molar-refractivity contribution < 1.29 is 14.0 Å². The molecule has 2 rings (SSSR count). The minimum atomic E-state index is -0.403. The number of likely N-dealkylation sites (N-methyl/N-ethyl adjacent to an activating group) is 1. The van der Waals surface area contributed by atoms with Crippen molar-refractivity contribution in [2.75, 3.05) is 13.6 Å². The summed E-state index contributed by atoms with van der Waals surface area (Å²) in [6, 6.07) is 5.80. The van der Waals surface area contributed by atoms with Gasteiger partial charge in [0.25, 0.3) is 0 Å². The van der Waals surface area contributed by atoms with Crippen molar-refractivity contribution in [1.82, 2.24) is 15.5 Å². The summed E-state index contributed by atoms with van der Waals surface area (Å²) in [4.78, 5) is 25.6. The molecule has 3 amide bonds. The first-order valence-electron chi connectivity index (χ1n) is 8.08. The van der Waals surface area contributed by atoms with E-state index in [0.29, 0.717) is 12.6 Å². The molecule has 1 aliphatic carbocycles. The number of amides is 3. The fraction of sp³-hybridized carbons (Fsp3) is 0.529. The van der Waals surface area contributed by atoms with Crippen LogP contribution >= 0.6 is 0 Å². The lowest BCUT2D eigenvalue weighted by Crippen LogP contribution is -2.46. The lowest BCUT2D eigenvalue weighted by atomic mass is 9.94. The monoisotopic (exact) mass is 321 g/mol. The third-order valence-electron chi connectivity index (χ3n) is 4.28. The molecular formula is C17H24FN3O2. The second-order valence-electron chi connectivity index (χ2n) is 5.96. The second kappa shape index (κ2) is 8.50. The standard InChI is InChI=1S/C17H24FN3O2/c1-21(15-5-3-2-4-6-15)16(22)12-20-17(23)19-11-13-7-9-14(18)10-8-13/h7-10,15H,2-6,11-12H2,1H3,(H2,19,20,23). The molecule has 0 radical (unpaired) electrons. The molecule has 0 heterocycles. The van der Waals surface area contributed by atoms with Gasteiger partial charge in [0.05, 0.1) is 6.54 Å². The number of carbonyl (C=O) groups excluding carboxylic acids is 2. The van der Waals surface area contributed by atoms with E-state index in [0.717, 1.165) is 31.2 Å². The van der Waals surface area contributed by atoms with Crippen LogP contribution in [0.25, 0.3) is 0 Å². The van der Waals surface area contributed by atoms with Gasteiger partial charge in [-0.2, -0.15) is 0 Å². The zero-order valence-electron chi connectivity index (χ0n) is 13.5. The first-order chi connectivity index (χ1) is 11.1. The molecular weight excluding hydrogens is 297 g/mol. The molecule has 0 bridgehead atoms. The number of nitrogens with zero attached hydrogens (tertiary/aromatic N) is 1. The zero-order chi connectivity index (χ0) is 16.7. The highest BCUT2D eigenvalue weighted by atomic mass is 19.1. The molecule has 1 aromatic carbocycles. The van der Waals surface area contributed by atoms with E-state index < -0.39 is 6.03 Å². The zero-order valence-corrected chi connectivity index (χ0v) is 13.5. The molecule has 0 spiro atoms. The minimum Gasteiger partial charge on any atom is -0.341 e. The van der Waals surface area contributed by atoms with Crippen LogP contribution in [0.5, 0.6) is 0 Å². The van der Waals surface area contributed by atoms with Crippen molar-refractivity contribution in [3.05, 3.63) is 35.6 Å². The van der Waals surface area contributed by atoms with Crippen LogP contribution in [-0.4, -0.2) is 36.5 Å². The quantitative estimate of drug-likeness (QED) is 0.875. The summed E-state index contributed by atoms with van der Waals surface area (Å²) < 4.78 is 12.8. The van der Waals surface area contributed by atoms with E-state index in [-0.39, 0.29) is 18.3 Å². The van der Waals surface area contributed by atoms with Crippen molar-refractivity contribution in [2.24, 2.45) is 0 Å². The highest BCUT2D eigenvalue weighted by molar-refractivity contribution is 5.84. The van der Waals surface area contributed by atoms with Crippen LogP contribution in [0.4, 0.5) is 9.18 Å². The Kier molecular flexibility index (Phi) is 6.38. The van der Waals surface area contributed by atoms with E-state index in [2.05, 4.69) is 10.6 Å². The molecule has 1 aromatic rings. The van der Waals surface area contributed by atoms with Crippen molar-refractivity contribution in [3.63, 3.8) is 0 Å². The highest BCUT2D eigenvalue weighted by Crippen LogP contribution is 2.21. The van der Waals surface area contributed by atoms with Gasteiger partial charge in [0.15, 0.2) is 0 Å². The lowest BCUT2D eigenvalue weighted by Gasteiger charge is -2.31. The summed E-state index contributed by atoms with van der Waals surface area (Å²) in [5, 5.41) is 5.22. The van der Waals surface area contributed by atoms with Gasteiger partial charge in [-0.1, -0.05) is 31.4 Å². The summed E-state index contributed by atoms with van der Waals surface area (Å²) in [6.07, 6.45) is 5.64. The maximum Gasteiger partial charge on any atom is 0.315 e. The van der Waals surface area contributed by atoms with Crippen molar-refractivity contribution in [3.8, 4) is 0 Å². The fourth-order valence-corrected chi connectivity index (χ4v) is 2.80. The van der Waals surface area contributed by atoms with Gasteiger partial charge in [-0.3, -0.25) is 4.79 Å². The molecule has 1 aliphatic rings. The number of hydrogen-bond acceptors (Lipinski definition) is 2. The number of urea groups is 1. The Bertz CT molecular complexity index is 527. The Labute approximate surface area is 136 Å². The molecule has 0 aromatic heterocycles. The molecule has 23 heavy (non-hydrogen) atoms. The van der Waals surface area contributed by atoms with Gasteiger partial charge >= 0.3 is 6.03 Å². The first-order valence-corrected chi connectivity index (χ1v) is 8.08. The van der Waals surface area contributed by atoms with Crippen LogP contribution in [0.3, 0.4) is 0 Å². The van der Waals surface area contributed by atoms with Crippen LogP contribution in [-0.2, 0) is 11.3 Å². The van der Waals surface area contributed by atoms with E-state index in [1.54, 1.807) is 24.1 Å². The third kappa shape index (κ3) is 5.54. The van der Waals surface area contributed by atoms with Gasteiger partial charge in [0.2, 0.25) is 5.91 Å². The Morgan fingerprint density at radius 1 is 1.13 bits per heavy atom. The number of hydrogen-bond donors (Lipinski definition) is 2. The Morgan fingerprint density at radius 3 is 2.43 bits per heavy atom. The van der Waals surface area contributed by atoms with Gasteiger partial charge in [-0.05, 0) is 30.5 Å². The van der Waals surface area contributed by atoms with Gasteiger partial charge in [0.1, 0.15) is 5.82 Å². The number of halogens is 1. The predicted octanol–water partition coefficient (Wildman–Crippen LogP) is 2.42. The molecule has 1 fully saturated rings. The second-order valence-corrected chi connectivity index (χ2v) is 5.96. The molecule has 126 valence electrons. The highest BCUT2D eigenvalue weighted by Gasteiger charge is 2.21. The molecule has 1 saturated carbocycles. The summed E-state index contributed by atoms with van der Waals surface area (Å²) in [6.45, 7) is 0.279. The van der Waals surface area contributed by atoms with E-state index in [1.807, 2.05) is 0 Å². The number of benzene rings is 1. The molecule has 0 atom stereocenters. The van der Waals surface area contributed by atoms with Gasteiger partial charge in [-0.15, -0.1) is 0 Å². The molecule has 5 nitrogen and oxygen atoms in total. The van der Waals surface area contributed by atoms with Crippen LogP contribution in [0.2, 0.25) is 0 Å². The predicted molar refractivity (Wildman–Crippen MR) is 86.3 cm³/mol. The molecule has 2 N–H and O–H groups in total. The van der Waals surface area contributed by atoms with Crippen molar-refractivity contribution >= 4 is 11.9 Å². The summed E-state index contributed by atoms with van der Waals surface area (Å²) in [5.74, 6) is -0.386. The molecule has 6 heteroatoms. The largest absolute Gasteiger partial charge is 0.341 e. The Balaban J connectivity index is 1.68. The smallest absolute Gasteiger partial charge is 0.315 e. The SMILES string of the molecule is CN(C(=O)CNC(=O)NCc1ccc(F)cc1)C1CCCCC1. The van der Waals surface area contributed by atoms with Crippen LogP contribution in [0, 0.1) is 5.82 Å². The van der Waals surface area contributed by atoms with Gasteiger partial charge < -0.3 is 15.5 Å². The van der Waals surface area contributed by atoms with Gasteiger partial charge in [0, 0.05) is 19.6 Å². The number of carbonyl (C=O) groups is 2. The Morgan fingerprint density at radius 2 is 1.78 bits per heavy atom. The topological polar surface area (TPSA) is 61.4 Å². The van der Waals surface area contributed by atoms with Crippen LogP contribution in [0.15, 0.2) is 24.3 Å². The molecule has 0 unspecified atom stereocenters. The normalized spacial score (nSPS) is 15.0. The van der Waals surface area contributed by atoms with E-state index in [4.69, 9.17) is 0 Å². The van der Waals surface area contributed by atoms with Gasteiger partial charge in [-0.25, -0.2) is 9.18 Å². The average molecular weight is 321 g/mol. The van der Waals surface area contributed by atoms with Crippen molar-refractivity contribution in [2.45, 2.75) is 44.7 Å². The van der Waals surface area contributed by atoms with Crippen LogP contribution in [0.1, 0.15) is 37.7 Å². The van der Waals surface area contributed by atoms with E-state index >= 15 is 0 Å². The maximum absolute atomic E-state index is 12.8. The first kappa shape index (κ1) is 17.2.